The maximum absolute atomic E-state index is 13.3. The minimum atomic E-state index is 0.0466. The molecule has 0 aliphatic heterocycles. The molecule has 1 N–H and O–H groups in total. The highest BCUT2D eigenvalue weighted by Crippen LogP contribution is 2.34. The van der Waals surface area contributed by atoms with Gasteiger partial charge in [0.2, 0.25) is 0 Å². The molecule has 5 nitrogen and oxygen atoms in total. The van der Waals surface area contributed by atoms with Crippen molar-refractivity contribution in [2.24, 2.45) is 0 Å². The summed E-state index contributed by atoms with van der Waals surface area (Å²) in [6, 6.07) is 21.2. The van der Waals surface area contributed by atoms with Gasteiger partial charge in [0.05, 0.1) is 24.0 Å². The van der Waals surface area contributed by atoms with E-state index in [0.717, 1.165) is 41.7 Å². The van der Waals surface area contributed by atoms with E-state index in [0.29, 0.717) is 12.6 Å². The predicted molar refractivity (Wildman–Crippen MR) is 134 cm³/mol. The molecule has 164 valence electrons. The van der Waals surface area contributed by atoms with Crippen molar-refractivity contribution < 1.29 is 0 Å². The summed E-state index contributed by atoms with van der Waals surface area (Å²) in [5.74, 6) is 0. The molecule has 1 unspecified atom stereocenters. The molecule has 2 aromatic carbocycles. The first-order valence-electron chi connectivity index (χ1n) is 11.4. The van der Waals surface area contributed by atoms with Gasteiger partial charge in [-0.05, 0) is 53.3 Å². The summed E-state index contributed by atoms with van der Waals surface area (Å²) in [6.07, 6.45) is 6.30. The minimum Gasteiger partial charge on any atom is -0.310 e. The van der Waals surface area contributed by atoms with Crippen molar-refractivity contribution in [3.8, 4) is 0 Å². The van der Waals surface area contributed by atoms with Gasteiger partial charge < -0.3 is 5.32 Å². The largest absolute Gasteiger partial charge is 0.310 e. The van der Waals surface area contributed by atoms with Crippen LogP contribution in [-0.2, 0) is 25.9 Å². The Kier molecular flexibility index (Phi) is 5.24. The maximum Gasteiger partial charge on any atom is 0.262 e. The van der Waals surface area contributed by atoms with Gasteiger partial charge in [-0.15, -0.1) is 11.3 Å². The molecule has 3 heterocycles. The van der Waals surface area contributed by atoms with Gasteiger partial charge in [0.15, 0.2) is 0 Å². The van der Waals surface area contributed by atoms with Gasteiger partial charge in [0.1, 0.15) is 4.83 Å². The van der Waals surface area contributed by atoms with Gasteiger partial charge in [-0.3, -0.25) is 14.3 Å². The molecule has 1 aliphatic carbocycles. The number of benzene rings is 2. The number of nitrogens with one attached hydrogen (secondary N) is 1. The molecule has 0 saturated heterocycles. The number of nitrogens with zero attached hydrogens (tertiary/aromatic N) is 3. The maximum atomic E-state index is 13.3. The molecule has 0 radical (unpaired) electrons. The molecule has 6 heteroatoms. The van der Waals surface area contributed by atoms with Crippen molar-refractivity contribution in [2.75, 3.05) is 0 Å². The van der Waals surface area contributed by atoms with Gasteiger partial charge in [-0.1, -0.05) is 48.5 Å². The Labute approximate surface area is 195 Å². The van der Waals surface area contributed by atoms with Gasteiger partial charge in [-0.25, -0.2) is 4.98 Å². The molecular formula is C27H24N4OS. The fourth-order valence-electron chi connectivity index (χ4n) is 4.86. The van der Waals surface area contributed by atoms with E-state index in [1.54, 1.807) is 28.4 Å². The lowest BCUT2D eigenvalue weighted by Crippen LogP contribution is -2.34. The van der Waals surface area contributed by atoms with Crippen LogP contribution in [0.1, 0.15) is 28.1 Å². The zero-order valence-electron chi connectivity index (χ0n) is 18.2. The third-order valence-corrected chi connectivity index (χ3v) is 7.72. The van der Waals surface area contributed by atoms with Crippen molar-refractivity contribution in [3.05, 3.63) is 105 Å². The first-order chi connectivity index (χ1) is 16.3. The highest BCUT2D eigenvalue weighted by Gasteiger charge is 2.25. The van der Waals surface area contributed by atoms with Crippen LogP contribution >= 0.6 is 11.3 Å². The Morgan fingerprint density at radius 1 is 1.03 bits per heavy atom. The van der Waals surface area contributed by atoms with Crippen LogP contribution in [0.5, 0.6) is 0 Å². The molecule has 1 aliphatic rings. The van der Waals surface area contributed by atoms with Crippen molar-refractivity contribution in [1.82, 2.24) is 19.9 Å². The summed E-state index contributed by atoms with van der Waals surface area (Å²) in [5.41, 5.74) is 3.44. The summed E-state index contributed by atoms with van der Waals surface area (Å²) in [7, 11) is 0. The Balaban J connectivity index is 1.23. The van der Waals surface area contributed by atoms with E-state index >= 15 is 0 Å². The quantitative estimate of drug-likeness (QED) is 0.420. The Hall–Kier alpha value is -3.35. The fourth-order valence-corrected chi connectivity index (χ4v) is 6.11. The number of aryl methyl sites for hydroxylation is 1. The van der Waals surface area contributed by atoms with E-state index < -0.39 is 0 Å². The van der Waals surface area contributed by atoms with Crippen molar-refractivity contribution >= 4 is 32.3 Å². The second-order valence-electron chi connectivity index (χ2n) is 8.64. The van der Waals surface area contributed by atoms with Crippen molar-refractivity contribution in [2.45, 2.75) is 38.4 Å². The van der Waals surface area contributed by atoms with Crippen LogP contribution in [0.3, 0.4) is 0 Å². The highest BCUT2D eigenvalue weighted by atomic mass is 32.1. The lowest BCUT2D eigenvalue weighted by molar-refractivity contribution is 0.463. The van der Waals surface area contributed by atoms with Crippen molar-refractivity contribution in [1.29, 1.82) is 0 Å². The zero-order valence-corrected chi connectivity index (χ0v) is 19.0. The molecule has 0 bridgehead atoms. The van der Waals surface area contributed by atoms with E-state index in [1.165, 1.54) is 26.8 Å². The van der Waals surface area contributed by atoms with Crippen LogP contribution in [0.15, 0.2) is 78.0 Å². The van der Waals surface area contributed by atoms with E-state index in [4.69, 9.17) is 0 Å². The number of pyridine rings is 1. The van der Waals surface area contributed by atoms with Gasteiger partial charge in [0.25, 0.3) is 5.56 Å². The molecule has 0 saturated carbocycles. The second kappa shape index (κ2) is 8.54. The lowest BCUT2D eigenvalue weighted by Gasteiger charge is -2.23. The van der Waals surface area contributed by atoms with Crippen molar-refractivity contribution in [3.63, 3.8) is 0 Å². The number of hydrogen-bond donors (Lipinski definition) is 1. The molecule has 5 aromatic rings. The summed E-state index contributed by atoms with van der Waals surface area (Å²) < 4.78 is 1.68. The molecule has 33 heavy (non-hydrogen) atoms. The second-order valence-corrected chi connectivity index (χ2v) is 9.73. The third kappa shape index (κ3) is 3.86. The Morgan fingerprint density at radius 3 is 2.82 bits per heavy atom. The number of aromatic nitrogens is 3. The van der Waals surface area contributed by atoms with Crippen LogP contribution in [-0.4, -0.2) is 20.6 Å². The summed E-state index contributed by atoms with van der Waals surface area (Å²) in [6.45, 7) is 1.30. The molecule has 3 aromatic heterocycles. The Bertz CT molecular complexity index is 1500. The van der Waals surface area contributed by atoms with Gasteiger partial charge in [0, 0.05) is 23.7 Å². The average molecular weight is 453 g/mol. The van der Waals surface area contributed by atoms with Crippen LogP contribution in [0.2, 0.25) is 0 Å². The number of fused-ring (bicyclic) bond motifs is 4. The molecule has 6 rings (SSSR count). The average Bonchev–Trinajstić information content (AvgIpc) is 3.23. The number of thiophene rings is 1. The predicted octanol–water partition coefficient (Wildman–Crippen LogP) is 4.70. The first-order valence-corrected chi connectivity index (χ1v) is 12.2. The summed E-state index contributed by atoms with van der Waals surface area (Å²) >= 11 is 1.68. The molecule has 0 amide bonds. The molecule has 0 fully saturated rings. The monoisotopic (exact) mass is 452 g/mol. The van der Waals surface area contributed by atoms with Crippen LogP contribution in [0.4, 0.5) is 0 Å². The normalized spacial score (nSPS) is 15.7. The smallest absolute Gasteiger partial charge is 0.262 e. The standard InChI is InChI=1S/C27H24N4OS/c32-27-25-23-12-11-20(29-15-19-8-5-7-18-6-1-2-10-22(18)19)14-24(23)33-26(25)30-17-31(27)16-21-9-3-4-13-28-21/h1-10,13,17,20,29H,11-12,14-16H2. The SMILES string of the molecule is O=c1c2c3c(sc2ncn1Cc1ccccn1)CC(NCc1cccc2ccccc12)CC3. The fraction of sp³-hybridized carbons (Fsp3) is 0.222. The van der Waals surface area contributed by atoms with E-state index in [9.17, 15) is 4.79 Å². The summed E-state index contributed by atoms with van der Waals surface area (Å²) in [4.78, 5) is 24.4. The van der Waals surface area contributed by atoms with Crippen LogP contribution in [0, 0.1) is 0 Å². The van der Waals surface area contributed by atoms with E-state index in [2.05, 4.69) is 57.7 Å². The third-order valence-electron chi connectivity index (χ3n) is 6.56. The van der Waals surface area contributed by atoms with Gasteiger partial charge in [-0.2, -0.15) is 0 Å². The lowest BCUT2D eigenvalue weighted by atomic mass is 9.92. The zero-order chi connectivity index (χ0) is 22.2. The van der Waals surface area contributed by atoms with Gasteiger partial charge >= 0.3 is 0 Å². The summed E-state index contributed by atoms with van der Waals surface area (Å²) in [5, 5.41) is 7.16. The molecular weight excluding hydrogens is 428 g/mol. The number of hydrogen-bond acceptors (Lipinski definition) is 5. The first kappa shape index (κ1) is 20.3. The Morgan fingerprint density at radius 2 is 1.91 bits per heavy atom. The van der Waals surface area contributed by atoms with Crippen LogP contribution in [0.25, 0.3) is 21.0 Å². The van der Waals surface area contributed by atoms with E-state index in [1.807, 2.05) is 18.2 Å². The van der Waals surface area contributed by atoms with Crippen LogP contribution < -0.4 is 10.9 Å². The topological polar surface area (TPSA) is 59.8 Å². The molecule has 0 spiro atoms. The van der Waals surface area contributed by atoms with E-state index in [-0.39, 0.29) is 5.56 Å². The minimum absolute atomic E-state index is 0.0466. The highest BCUT2D eigenvalue weighted by molar-refractivity contribution is 7.18. The number of rotatable bonds is 5. The molecule has 1 atom stereocenters.